The Morgan fingerprint density at radius 3 is 2.30 bits per heavy atom. The standard InChI is InChI=1S/C15H18F3NO/c1-13(2,3)12-19-11-8-6-5-7-10(11)14(4,20-12)9-15(16,17)18/h5-8H,9H2,1-4H3. The molecule has 2 nitrogen and oxygen atoms in total. The normalized spacial score (nSPS) is 22.9. The van der Waals surface area contributed by atoms with E-state index in [0.29, 0.717) is 17.1 Å². The number of para-hydroxylation sites is 1. The Balaban J connectivity index is 2.53. The van der Waals surface area contributed by atoms with E-state index in [1.54, 1.807) is 24.3 Å². The molecule has 2 rings (SSSR count). The van der Waals surface area contributed by atoms with E-state index in [9.17, 15) is 13.2 Å². The second-order valence-corrected chi connectivity index (χ2v) is 6.31. The van der Waals surface area contributed by atoms with Gasteiger partial charge < -0.3 is 4.74 Å². The molecule has 5 heteroatoms. The number of alkyl halides is 3. The van der Waals surface area contributed by atoms with E-state index < -0.39 is 23.6 Å². The molecular weight excluding hydrogens is 267 g/mol. The van der Waals surface area contributed by atoms with Crippen LogP contribution >= 0.6 is 0 Å². The second kappa shape index (κ2) is 4.50. The molecule has 0 spiro atoms. The maximum atomic E-state index is 12.9. The number of fused-ring (bicyclic) bond motifs is 1. The van der Waals surface area contributed by atoms with Gasteiger partial charge in [-0.1, -0.05) is 39.0 Å². The van der Waals surface area contributed by atoms with Gasteiger partial charge in [0.05, 0.1) is 12.1 Å². The van der Waals surface area contributed by atoms with Gasteiger partial charge in [0.1, 0.15) is 5.60 Å². The van der Waals surface area contributed by atoms with Crippen LogP contribution in [0.15, 0.2) is 29.3 Å². The molecular formula is C15H18F3NO. The van der Waals surface area contributed by atoms with Crippen LogP contribution in [-0.4, -0.2) is 12.1 Å². The molecule has 1 aromatic carbocycles. The van der Waals surface area contributed by atoms with E-state index in [1.165, 1.54) is 6.92 Å². The zero-order valence-corrected chi connectivity index (χ0v) is 12.0. The zero-order chi connectivity index (χ0) is 15.2. The van der Waals surface area contributed by atoms with Crippen molar-refractivity contribution in [2.24, 2.45) is 10.4 Å². The molecule has 1 heterocycles. The largest absolute Gasteiger partial charge is 0.469 e. The van der Waals surface area contributed by atoms with Crippen molar-refractivity contribution in [2.75, 3.05) is 0 Å². The first-order chi connectivity index (χ1) is 9.01. The molecule has 0 saturated carbocycles. The van der Waals surface area contributed by atoms with Gasteiger partial charge in [0, 0.05) is 11.0 Å². The van der Waals surface area contributed by atoms with Gasteiger partial charge in [0.2, 0.25) is 0 Å². The van der Waals surface area contributed by atoms with Gasteiger partial charge in [-0.15, -0.1) is 0 Å². The summed E-state index contributed by atoms with van der Waals surface area (Å²) in [5.41, 5.74) is -0.847. The topological polar surface area (TPSA) is 21.6 Å². The smallest absolute Gasteiger partial charge is 0.393 e. The summed E-state index contributed by atoms with van der Waals surface area (Å²) in [6.07, 6.45) is -5.34. The Bertz CT molecular complexity index is 543. The highest BCUT2D eigenvalue weighted by Crippen LogP contribution is 2.45. The van der Waals surface area contributed by atoms with E-state index in [2.05, 4.69) is 4.99 Å². The predicted octanol–water partition coefficient (Wildman–Crippen LogP) is 4.96. The fourth-order valence-electron chi connectivity index (χ4n) is 2.25. The highest BCUT2D eigenvalue weighted by molar-refractivity contribution is 5.86. The third-order valence-corrected chi connectivity index (χ3v) is 3.20. The molecule has 1 aliphatic heterocycles. The van der Waals surface area contributed by atoms with Gasteiger partial charge in [0.15, 0.2) is 5.90 Å². The first kappa shape index (κ1) is 14.9. The first-order valence-electron chi connectivity index (χ1n) is 6.46. The van der Waals surface area contributed by atoms with Crippen LogP contribution in [0.1, 0.15) is 39.7 Å². The Morgan fingerprint density at radius 1 is 1.15 bits per heavy atom. The van der Waals surface area contributed by atoms with E-state index in [0.717, 1.165) is 0 Å². The highest BCUT2D eigenvalue weighted by atomic mass is 19.4. The van der Waals surface area contributed by atoms with Crippen LogP contribution in [0, 0.1) is 5.41 Å². The Kier molecular flexibility index (Phi) is 3.35. The molecule has 0 saturated heterocycles. The monoisotopic (exact) mass is 285 g/mol. The number of hydrogen-bond donors (Lipinski definition) is 0. The lowest BCUT2D eigenvalue weighted by Gasteiger charge is -2.39. The van der Waals surface area contributed by atoms with Crippen LogP contribution in [0.2, 0.25) is 0 Å². The van der Waals surface area contributed by atoms with Gasteiger partial charge in [-0.05, 0) is 13.0 Å². The van der Waals surface area contributed by atoms with Crippen molar-refractivity contribution in [2.45, 2.75) is 45.9 Å². The van der Waals surface area contributed by atoms with Crippen molar-refractivity contribution in [3.8, 4) is 0 Å². The number of aliphatic imine (C=N–C) groups is 1. The Morgan fingerprint density at radius 2 is 1.75 bits per heavy atom. The number of nitrogens with zero attached hydrogens (tertiary/aromatic N) is 1. The van der Waals surface area contributed by atoms with Crippen LogP contribution in [0.25, 0.3) is 0 Å². The van der Waals surface area contributed by atoms with Crippen LogP contribution in [0.3, 0.4) is 0 Å². The number of ether oxygens (including phenoxy) is 1. The molecule has 110 valence electrons. The van der Waals surface area contributed by atoms with Gasteiger partial charge in [-0.25, -0.2) is 4.99 Å². The Hall–Kier alpha value is -1.52. The molecule has 0 radical (unpaired) electrons. The lowest BCUT2D eigenvalue weighted by atomic mass is 9.87. The number of benzene rings is 1. The molecule has 0 aromatic heterocycles. The average molecular weight is 285 g/mol. The molecule has 20 heavy (non-hydrogen) atoms. The lowest BCUT2D eigenvalue weighted by molar-refractivity contribution is -0.173. The summed E-state index contributed by atoms with van der Waals surface area (Å²) in [4.78, 5) is 4.37. The van der Waals surface area contributed by atoms with Crippen molar-refractivity contribution in [3.63, 3.8) is 0 Å². The summed E-state index contributed by atoms with van der Waals surface area (Å²) in [6, 6.07) is 6.83. The van der Waals surface area contributed by atoms with Crippen LogP contribution in [-0.2, 0) is 10.3 Å². The molecule has 0 amide bonds. The molecule has 1 aliphatic rings. The molecule has 0 aliphatic carbocycles. The minimum Gasteiger partial charge on any atom is -0.469 e. The van der Waals surface area contributed by atoms with Gasteiger partial charge in [0.25, 0.3) is 0 Å². The van der Waals surface area contributed by atoms with E-state index in [-0.39, 0.29) is 0 Å². The van der Waals surface area contributed by atoms with E-state index >= 15 is 0 Å². The van der Waals surface area contributed by atoms with E-state index in [1.807, 2.05) is 20.8 Å². The van der Waals surface area contributed by atoms with Gasteiger partial charge in [-0.2, -0.15) is 13.2 Å². The van der Waals surface area contributed by atoms with Crippen LogP contribution in [0.4, 0.5) is 18.9 Å². The minimum atomic E-state index is -4.30. The summed E-state index contributed by atoms with van der Waals surface area (Å²) in [5.74, 6) is 0.336. The zero-order valence-electron chi connectivity index (χ0n) is 12.0. The van der Waals surface area contributed by atoms with E-state index in [4.69, 9.17) is 4.74 Å². The molecule has 0 bridgehead atoms. The second-order valence-electron chi connectivity index (χ2n) is 6.31. The van der Waals surface area contributed by atoms with Crippen LogP contribution in [0.5, 0.6) is 0 Å². The third kappa shape index (κ3) is 2.97. The molecule has 1 unspecified atom stereocenters. The number of hydrogen-bond acceptors (Lipinski definition) is 2. The predicted molar refractivity (Wildman–Crippen MR) is 72.1 cm³/mol. The Labute approximate surface area is 116 Å². The summed E-state index contributed by atoms with van der Waals surface area (Å²) >= 11 is 0. The third-order valence-electron chi connectivity index (χ3n) is 3.20. The minimum absolute atomic E-state index is 0.336. The van der Waals surface area contributed by atoms with Crippen molar-refractivity contribution < 1.29 is 17.9 Å². The van der Waals surface area contributed by atoms with Crippen molar-refractivity contribution in [1.29, 1.82) is 0 Å². The number of rotatable bonds is 1. The molecule has 1 aromatic rings. The summed E-state index contributed by atoms with van der Waals surface area (Å²) in [5, 5.41) is 0. The number of halogens is 3. The summed E-state index contributed by atoms with van der Waals surface area (Å²) in [7, 11) is 0. The SMILES string of the molecule is CC(C)(C)C1=Nc2ccccc2C(C)(CC(F)(F)F)O1. The maximum Gasteiger partial charge on any atom is 0.393 e. The van der Waals surface area contributed by atoms with Crippen molar-refractivity contribution in [1.82, 2.24) is 0 Å². The van der Waals surface area contributed by atoms with Gasteiger partial charge in [-0.3, -0.25) is 0 Å². The molecule has 0 N–H and O–H groups in total. The maximum absolute atomic E-state index is 12.9. The first-order valence-corrected chi connectivity index (χ1v) is 6.46. The fraction of sp³-hybridized carbons (Fsp3) is 0.533. The quantitative estimate of drug-likeness (QED) is 0.714. The van der Waals surface area contributed by atoms with Crippen molar-refractivity contribution >= 4 is 11.6 Å². The van der Waals surface area contributed by atoms with Gasteiger partial charge >= 0.3 is 6.18 Å². The summed E-state index contributed by atoms with van der Waals surface area (Å²) < 4.78 is 44.3. The van der Waals surface area contributed by atoms with Crippen LogP contribution < -0.4 is 0 Å². The fourth-order valence-corrected chi connectivity index (χ4v) is 2.25. The molecule has 1 atom stereocenters. The van der Waals surface area contributed by atoms with Crippen molar-refractivity contribution in [3.05, 3.63) is 29.8 Å². The lowest BCUT2D eigenvalue weighted by Crippen LogP contribution is -2.40. The average Bonchev–Trinajstić information content (AvgIpc) is 2.24. The molecule has 0 fully saturated rings. The summed E-state index contributed by atoms with van der Waals surface area (Å²) in [6.45, 7) is 7.08. The highest BCUT2D eigenvalue weighted by Gasteiger charge is 2.46.